The van der Waals surface area contributed by atoms with E-state index in [1.165, 1.54) is 18.7 Å². The highest BCUT2D eigenvalue weighted by atomic mass is 16.5. The highest BCUT2D eigenvalue weighted by Gasteiger charge is 2.32. The third kappa shape index (κ3) is 3.22. The zero-order chi connectivity index (χ0) is 19.7. The molecule has 1 amide bonds. The van der Waals surface area contributed by atoms with Crippen molar-refractivity contribution >= 4 is 11.7 Å². The maximum Gasteiger partial charge on any atom is 0.332 e. The van der Waals surface area contributed by atoms with E-state index in [-0.39, 0.29) is 18.1 Å². The summed E-state index contributed by atoms with van der Waals surface area (Å²) >= 11 is 0. The van der Waals surface area contributed by atoms with Gasteiger partial charge in [0.05, 0.1) is 19.3 Å². The van der Waals surface area contributed by atoms with Gasteiger partial charge in [-0.05, 0) is 24.1 Å². The molecule has 0 fully saturated rings. The lowest BCUT2D eigenvalue weighted by Gasteiger charge is -2.27. The van der Waals surface area contributed by atoms with Crippen molar-refractivity contribution in [3.63, 3.8) is 0 Å². The summed E-state index contributed by atoms with van der Waals surface area (Å²) in [6.07, 6.45) is 0.976. The Morgan fingerprint density at radius 3 is 2.56 bits per heavy atom. The van der Waals surface area contributed by atoms with E-state index in [4.69, 9.17) is 9.47 Å². The molecule has 27 heavy (non-hydrogen) atoms. The van der Waals surface area contributed by atoms with Gasteiger partial charge in [-0.3, -0.25) is 18.7 Å². The minimum Gasteiger partial charge on any atom is -0.493 e. The van der Waals surface area contributed by atoms with Gasteiger partial charge >= 0.3 is 5.69 Å². The number of fused-ring (bicyclic) bond motifs is 1. The molecule has 1 aliphatic heterocycles. The molecule has 144 valence electrons. The molecule has 0 saturated heterocycles. The lowest BCUT2D eigenvalue weighted by molar-refractivity contribution is -0.116. The van der Waals surface area contributed by atoms with Crippen molar-refractivity contribution in [3.8, 4) is 11.5 Å². The van der Waals surface area contributed by atoms with Crippen LogP contribution >= 0.6 is 0 Å². The highest BCUT2D eigenvalue weighted by Crippen LogP contribution is 2.38. The van der Waals surface area contributed by atoms with Crippen LogP contribution in [0.2, 0.25) is 0 Å². The maximum absolute atomic E-state index is 12.8. The Bertz CT molecular complexity index is 1010. The van der Waals surface area contributed by atoms with Crippen LogP contribution in [0, 0.1) is 0 Å². The summed E-state index contributed by atoms with van der Waals surface area (Å²) in [4.78, 5) is 37.2. The Morgan fingerprint density at radius 2 is 1.89 bits per heavy atom. The number of amides is 1. The normalized spacial score (nSPS) is 15.9. The monoisotopic (exact) mass is 373 g/mol. The topological polar surface area (TPSA) is 91.6 Å². The van der Waals surface area contributed by atoms with Crippen LogP contribution in [0.4, 0.5) is 5.82 Å². The van der Waals surface area contributed by atoms with Crippen LogP contribution < -0.4 is 26.0 Å². The van der Waals surface area contributed by atoms with Gasteiger partial charge in [0.2, 0.25) is 5.91 Å². The number of nitrogens with one attached hydrogen (secondary N) is 1. The van der Waals surface area contributed by atoms with Crippen molar-refractivity contribution in [2.24, 2.45) is 14.1 Å². The molecule has 0 spiro atoms. The lowest BCUT2D eigenvalue weighted by Crippen LogP contribution is -2.44. The van der Waals surface area contributed by atoms with Crippen LogP contribution in [-0.2, 0) is 18.9 Å². The predicted molar refractivity (Wildman–Crippen MR) is 101 cm³/mol. The molecule has 0 aliphatic carbocycles. The Labute approximate surface area is 156 Å². The van der Waals surface area contributed by atoms with E-state index < -0.39 is 17.2 Å². The number of carbonyl (C=O) groups is 1. The molecule has 0 saturated carbocycles. The van der Waals surface area contributed by atoms with E-state index in [0.29, 0.717) is 23.7 Å². The largest absolute Gasteiger partial charge is 0.493 e. The molecule has 1 aromatic carbocycles. The van der Waals surface area contributed by atoms with Crippen LogP contribution in [0.15, 0.2) is 27.8 Å². The summed E-state index contributed by atoms with van der Waals surface area (Å²) in [5.74, 6) is 0.663. The molecule has 0 unspecified atom stereocenters. The quantitative estimate of drug-likeness (QED) is 0.854. The van der Waals surface area contributed by atoms with Crippen molar-refractivity contribution in [2.45, 2.75) is 25.7 Å². The average molecular weight is 373 g/mol. The first-order valence-electron chi connectivity index (χ1n) is 8.79. The average Bonchev–Trinajstić information content (AvgIpc) is 2.68. The fraction of sp³-hybridized carbons (Fsp3) is 0.421. The second-order valence-electron chi connectivity index (χ2n) is 6.53. The van der Waals surface area contributed by atoms with Crippen LogP contribution in [0.1, 0.15) is 36.8 Å². The number of hydrogen-bond acceptors (Lipinski definition) is 5. The van der Waals surface area contributed by atoms with Crippen molar-refractivity contribution in [3.05, 3.63) is 50.2 Å². The fourth-order valence-electron chi connectivity index (χ4n) is 3.32. The molecule has 1 N–H and O–H groups in total. The number of nitrogens with zero attached hydrogens (tertiary/aromatic N) is 2. The Kier molecular flexibility index (Phi) is 5.07. The van der Waals surface area contributed by atoms with Crippen LogP contribution in [-0.4, -0.2) is 28.8 Å². The maximum atomic E-state index is 12.8. The number of aromatic nitrogens is 2. The van der Waals surface area contributed by atoms with Crippen LogP contribution in [0.5, 0.6) is 11.5 Å². The van der Waals surface area contributed by atoms with E-state index >= 15 is 0 Å². The Hall–Kier alpha value is -3.03. The van der Waals surface area contributed by atoms with Crippen molar-refractivity contribution < 1.29 is 14.3 Å². The van der Waals surface area contributed by atoms with Gasteiger partial charge in [0.1, 0.15) is 5.82 Å². The second kappa shape index (κ2) is 7.30. The van der Waals surface area contributed by atoms with Gasteiger partial charge in [-0.1, -0.05) is 13.0 Å². The standard InChI is InChI=1S/C19H23N3O5/c1-5-8-27-13-7-6-11(9-14(13)26-4)12-10-15(23)20-17-16(12)18(24)22(3)19(25)21(17)2/h6-7,9,12H,5,8,10H2,1-4H3,(H,20,23)/t12-/m0/s1. The van der Waals surface area contributed by atoms with E-state index in [1.54, 1.807) is 19.2 Å². The zero-order valence-electron chi connectivity index (χ0n) is 15.9. The van der Waals surface area contributed by atoms with E-state index in [9.17, 15) is 14.4 Å². The van der Waals surface area contributed by atoms with Crippen LogP contribution in [0.3, 0.4) is 0 Å². The first-order chi connectivity index (χ1) is 12.9. The van der Waals surface area contributed by atoms with E-state index in [0.717, 1.165) is 16.6 Å². The molecule has 1 aliphatic rings. The zero-order valence-corrected chi connectivity index (χ0v) is 15.9. The molecule has 2 heterocycles. The minimum absolute atomic E-state index is 0.110. The molecule has 1 atom stereocenters. The minimum atomic E-state index is -0.486. The first kappa shape index (κ1) is 18.8. The summed E-state index contributed by atoms with van der Waals surface area (Å²) in [7, 11) is 4.51. The number of anilines is 1. The fourth-order valence-corrected chi connectivity index (χ4v) is 3.32. The lowest BCUT2D eigenvalue weighted by atomic mass is 9.86. The van der Waals surface area contributed by atoms with Gasteiger partial charge in [-0.2, -0.15) is 0 Å². The van der Waals surface area contributed by atoms with Crippen molar-refractivity contribution in [1.29, 1.82) is 0 Å². The third-order valence-corrected chi connectivity index (χ3v) is 4.75. The van der Waals surface area contributed by atoms with Crippen molar-refractivity contribution in [2.75, 3.05) is 19.0 Å². The number of hydrogen-bond donors (Lipinski definition) is 1. The molecular weight excluding hydrogens is 350 g/mol. The SMILES string of the molecule is CCCOc1ccc([C@@H]2CC(=O)Nc3c2c(=O)n(C)c(=O)n3C)cc1OC. The number of ether oxygens (including phenoxy) is 2. The summed E-state index contributed by atoms with van der Waals surface area (Å²) < 4.78 is 13.4. The van der Waals surface area contributed by atoms with Crippen molar-refractivity contribution in [1.82, 2.24) is 9.13 Å². The predicted octanol–water partition coefficient (Wildman–Crippen LogP) is 1.36. The number of benzene rings is 1. The molecule has 3 rings (SSSR count). The summed E-state index contributed by atoms with van der Waals surface area (Å²) in [6.45, 7) is 2.57. The molecule has 0 bridgehead atoms. The Balaban J connectivity index is 2.16. The smallest absolute Gasteiger partial charge is 0.332 e. The van der Waals surface area contributed by atoms with Gasteiger partial charge in [0.25, 0.3) is 5.56 Å². The third-order valence-electron chi connectivity index (χ3n) is 4.75. The van der Waals surface area contributed by atoms with E-state index in [2.05, 4.69) is 5.32 Å². The van der Waals surface area contributed by atoms with Gasteiger partial charge in [-0.25, -0.2) is 4.79 Å². The van der Waals surface area contributed by atoms with Crippen LogP contribution in [0.25, 0.3) is 0 Å². The first-order valence-corrected chi connectivity index (χ1v) is 8.79. The summed E-state index contributed by atoms with van der Waals surface area (Å²) in [6, 6.07) is 5.39. The van der Waals surface area contributed by atoms with Gasteiger partial charge in [0, 0.05) is 26.4 Å². The molecule has 8 heteroatoms. The number of methoxy groups -OCH3 is 1. The molecule has 8 nitrogen and oxygen atoms in total. The molecule has 0 radical (unpaired) electrons. The summed E-state index contributed by atoms with van der Waals surface area (Å²) in [5, 5.41) is 2.66. The molecule has 2 aromatic rings. The Morgan fingerprint density at radius 1 is 1.15 bits per heavy atom. The number of rotatable bonds is 5. The molecular formula is C19H23N3O5. The van der Waals surface area contributed by atoms with E-state index in [1.807, 2.05) is 13.0 Å². The van der Waals surface area contributed by atoms with Gasteiger partial charge in [0.15, 0.2) is 11.5 Å². The second-order valence-corrected chi connectivity index (χ2v) is 6.53. The van der Waals surface area contributed by atoms with Gasteiger partial charge < -0.3 is 14.8 Å². The van der Waals surface area contributed by atoms with Gasteiger partial charge in [-0.15, -0.1) is 0 Å². The summed E-state index contributed by atoms with van der Waals surface area (Å²) in [5.41, 5.74) is 0.245. The molecule has 1 aromatic heterocycles. The number of carbonyl (C=O) groups excluding carboxylic acids is 1. The highest BCUT2D eigenvalue weighted by molar-refractivity contribution is 5.94.